The molecule has 1 aromatic carbocycles. The van der Waals surface area contributed by atoms with Crippen LogP contribution < -0.4 is 0 Å². The minimum atomic E-state index is 0.114. The third kappa shape index (κ3) is 2.13. The molecule has 78 valence electrons. The highest BCUT2D eigenvalue weighted by Crippen LogP contribution is 2.36. The number of dihydropyridines is 1. The van der Waals surface area contributed by atoms with Crippen molar-refractivity contribution < 1.29 is 0 Å². The molecule has 1 nitrogen and oxygen atoms in total. The zero-order valence-corrected chi connectivity index (χ0v) is 9.75. The molecule has 0 unspecified atom stereocenters. The van der Waals surface area contributed by atoms with Crippen LogP contribution in [0, 0.1) is 5.41 Å². The summed E-state index contributed by atoms with van der Waals surface area (Å²) in [6.07, 6.45) is 3.97. The molecule has 0 aliphatic carbocycles. The van der Waals surface area contributed by atoms with Gasteiger partial charge >= 0.3 is 0 Å². The van der Waals surface area contributed by atoms with Gasteiger partial charge in [-0.25, -0.2) is 0 Å². The van der Waals surface area contributed by atoms with Crippen LogP contribution in [0.15, 0.2) is 35.3 Å². The number of hydrogen-bond acceptors (Lipinski definition) is 1. The third-order valence-electron chi connectivity index (χ3n) is 2.72. The van der Waals surface area contributed by atoms with Crippen molar-refractivity contribution in [1.29, 1.82) is 0 Å². The Morgan fingerprint density at radius 3 is 2.47 bits per heavy atom. The van der Waals surface area contributed by atoms with E-state index in [9.17, 15) is 0 Å². The predicted octanol–water partition coefficient (Wildman–Crippen LogP) is 3.83. The van der Waals surface area contributed by atoms with Gasteiger partial charge in [0.15, 0.2) is 0 Å². The van der Waals surface area contributed by atoms with Crippen molar-refractivity contribution in [2.75, 3.05) is 6.54 Å². The molecule has 0 saturated heterocycles. The molecule has 1 aliphatic heterocycles. The van der Waals surface area contributed by atoms with E-state index < -0.39 is 0 Å². The summed E-state index contributed by atoms with van der Waals surface area (Å²) in [4.78, 5) is 4.30. The van der Waals surface area contributed by atoms with Crippen molar-refractivity contribution >= 4 is 23.4 Å². The van der Waals surface area contributed by atoms with Crippen LogP contribution in [0.1, 0.15) is 19.4 Å². The molecule has 0 atom stereocenters. The molecule has 1 aliphatic rings. The molecule has 0 spiro atoms. The van der Waals surface area contributed by atoms with Crippen molar-refractivity contribution in [3.63, 3.8) is 0 Å². The van der Waals surface area contributed by atoms with E-state index in [0.29, 0.717) is 0 Å². The number of benzene rings is 1. The van der Waals surface area contributed by atoms with Gasteiger partial charge in [0.05, 0.1) is 0 Å². The van der Waals surface area contributed by atoms with Crippen LogP contribution in [-0.4, -0.2) is 12.8 Å². The Kier molecular flexibility index (Phi) is 2.66. The molecular weight excluding hydrogens is 206 g/mol. The third-order valence-corrected chi connectivity index (χ3v) is 2.97. The number of aliphatic imine (C=N–C) groups is 1. The highest BCUT2D eigenvalue weighted by Gasteiger charge is 2.25. The summed E-state index contributed by atoms with van der Waals surface area (Å²) in [5, 5.41) is 0.779. The number of allylic oxidation sites excluding steroid dienone is 1. The first-order chi connectivity index (χ1) is 7.09. The minimum Gasteiger partial charge on any atom is -0.292 e. The fourth-order valence-corrected chi connectivity index (χ4v) is 1.96. The van der Waals surface area contributed by atoms with Crippen molar-refractivity contribution in [3.8, 4) is 0 Å². The van der Waals surface area contributed by atoms with Gasteiger partial charge in [-0.05, 0) is 29.3 Å². The lowest BCUT2D eigenvalue weighted by Gasteiger charge is -2.28. The van der Waals surface area contributed by atoms with E-state index in [-0.39, 0.29) is 5.41 Å². The second-order valence-electron chi connectivity index (χ2n) is 4.46. The average Bonchev–Trinajstić information content (AvgIpc) is 2.19. The summed E-state index contributed by atoms with van der Waals surface area (Å²) in [6.45, 7) is 5.27. The Bertz CT molecular complexity index is 413. The molecule has 0 bridgehead atoms. The van der Waals surface area contributed by atoms with E-state index in [4.69, 9.17) is 11.6 Å². The van der Waals surface area contributed by atoms with E-state index in [1.807, 2.05) is 18.3 Å². The molecule has 15 heavy (non-hydrogen) atoms. The zero-order valence-electron chi connectivity index (χ0n) is 9.00. The largest absolute Gasteiger partial charge is 0.292 e. The summed E-state index contributed by atoms with van der Waals surface area (Å²) in [5.41, 5.74) is 2.67. The van der Waals surface area contributed by atoms with Crippen LogP contribution in [0.4, 0.5) is 0 Å². The van der Waals surface area contributed by atoms with Gasteiger partial charge in [-0.2, -0.15) is 0 Å². The summed E-state index contributed by atoms with van der Waals surface area (Å²) in [7, 11) is 0. The van der Waals surface area contributed by atoms with Gasteiger partial charge in [-0.1, -0.05) is 37.6 Å². The van der Waals surface area contributed by atoms with E-state index >= 15 is 0 Å². The van der Waals surface area contributed by atoms with Gasteiger partial charge in [0.25, 0.3) is 0 Å². The summed E-state index contributed by atoms with van der Waals surface area (Å²) in [6, 6.07) is 7.99. The van der Waals surface area contributed by atoms with Crippen LogP contribution in [0.2, 0.25) is 5.02 Å². The summed E-state index contributed by atoms with van der Waals surface area (Å²) < 4.78 is 0. The van der Waals surface area contributed by atoms with Crippen molar-refractivity contribution in [2.45, 2.75) is 13.8 Å². The zero-order chi connectivity index (χ0) is 10.9. The maximum absolute atomic E-state index is 5.88. The van der Waals surface area contributed by atoms with Crippen LogP contribution >= 0.6 is 11.6 Å². The molecule has 0 aromatic heterocycles. The second-order valence-corrected chi connectivity index (χ2v) is 4.90. The van der Waals surface area contributed by atoms with E-state index in [1.54, 1.807) is 0 Å². The standard InChI is InChI=1S/C13H14ClN/c1-13(2)9-15-8-7-12(13)10-3-5-11(14)6-4-10/h3-8H,9H2,1-2H3. The Morgan fingerprint density at radius 2 is 1.87 bits per heavy atom. The highest BCUT2D eigenvalue weighted by atomic mass is 35.5. The Labute approximate surface area is 95.5 Å². The maximum atomic E-state index is 5.88. The fraction of sp³-hybridized carbons (Fsp3) is 0.308. The smallest absolute Gasteiger partial charge is 0.0481 e. The second kappa shape index (κ2) is 3.82. The summed E-state index contributed by atoms with van der Waals surface area (Å²) in [5.74, 6) is 0. The van der Waals surface area contributed by atoms with Gasteiger partial charge in [-0.3, -0.25) is 4.99 Å². The van der Waals surface area contributed by atoms with Gasteiger partial charge in [0, 0.05) is 23.2 Å². The molecule has 0 amide bonds. The van der Waals surface area contributed by atoms with Crippen LogP contribution in [0.3, 0.4) is 0 Å². The molecular formula is C13H14ClN. The van der Waals surface area contributed by atoms with E-state index in [0.717, 1.165) is 11.6 Å². The molecule has 1 aromatic rings. The Morgan fingerprint density at radius 1 is 1.20 bits per heavy atom. The molecule has 2 rings (SSSR count). The van der Waals surface area contributed by atoms with Crippen LogP contribution in [0.25, 0.3) is 5.57 Å². The average molecular weight is 220 g/mol. The molecule has 2 heteroatoms. The molecule has 1 heterocycles. The lowest BCUT2D eigenvalue weighted by Crippen LogP contribution is -2.20. The normalized spacial score (nSPS) is 18.7. The first-order valence-electron chi connectivity index (χ1n) is 5.06. The number of hydrogen-bond donors (Lipinski definition) is 0. The van der Waals surface area contributed by atoms with Crippen molar-refractivity contribution in [2.24, 2.45) is 10.4 Å². The number of halogens is 1. The monoisotopic (exact) mass is 219 g/mol. The predicted molar refractivity (Wildman–Crippen MR) is 66.6 cm³/mol. The highest BCUT2D eigenvalue weighted by molar-refractivity contribution is 6.30. The van der Waals surface area contributed by atoms with Gasteiger partial charge in [-0.15, -0.1) is 0 Å². The molecule has 0 saturated carbocycles. The van der Waals surface area contributed by atoms with Crippen molar-refractivity contribution in [3.05, 3.63) is 40.9 Å². The minimum absolute atomic E-state index is 0.114. The number of nitrogens with zero attached hydrogens (tertiary/aromatic N) is 1. The van der Waals surface area contributed by atoms with E-state index in [2.05, 4.69) is 37.0 Å². The quantitative estimate of drug-likeness (QED) is 0.681. The Balaban J connectivity index is 2.41. The molecule has 0 radical (unpaired) electrons. The van der Waals surface area contributed by atoms with Crippen molar-refractivity contribution in [1.82, 2.24) is 0 Å². The lowest BCUT2D eigenvalue weighted by atomic mass is 9.79. The first kappa shape index (κ1) is 10.4. The van der Waals surface area contributed by atoms with E-state index in [1.165, 1.54) is 11.1 Å². The molecule has 0 N–H and O–H groups in total. The van der Waals surface area contributed by atoms with Gasteiger partial charge in [0.2, 0.25) is 0 Å². The SMILES string of the molecule is CC1(C)CN=CC=C1c1ccc(Cl)cc1. The van der Waals surface area contributed by atoms with Crippen LogP contribution in [-0.2, 0) is 0 Å². The fourth-order valence-electron chi connectivity index (χ4n) is 1.84. The topological polar surface area (TPSA) is 12.4 Å². The Hall–Kier alpha value is -1.08. The molecule has 0 fully saturated rings. The lowest BCUT2D eigenvalue weighted by molar-refractivity contribution is 0.514. The maximum Gasteiger partial charge on any atom is 0.0481 e. The van der Waals surface area contributed by atoms with Crippen LogP contribution in [0.5, 0.6) is 0 Å². The van der Waals surface area contributed by atoms with Gasteiger partial charge in [0.1, 0.15) is 0 Å². The first-order valence-corrected chi connectivity index (χ1v) is 5.44. The number of rotatable bonds is 1. The summed E-state index contributed by atoms with van der Waals surface area (Å²) >= 11 is 5.88. The van der Waals surface area contributed by atoms with Gasteiger partial charge < -0.3 is 0 Å².